The van der Waals surface area contributed by atoms with Crippen LogP contribution in [0.5, 0.6) is 5.75 Å². The van der Waals surface area contributed by atoms with Gasteiger partial charge >= 0.3 is 11.9 Å². The van der Waals surface area contributed by atoms with Crippen LogP contribution in [0, 0.1) is 10.1 Å². The normalized spacial score (nSPS) is 15.8. The molecule has 0 bridgehead atoms. The van der Waals surface area contributed by atoms with E-state index >= 15 is 0 Å². The van der Waals surface area contributed by atoms with Crippen LogP contribution in [-0.2, 0) is 11.3 Å². The maximum absolute atomic E-state index is 12.0. The monoisotopic (exact) mass is 345 g/mol. The highest BCUT2D eigenvalue weighted by Crippen LogP contribution is 2.18. The number of carbonyl (C=O) groups excluding carboxylic acids is 1. The number of para-hydroxylation sites is 1. The molecule has 8 nitrogen and oxygen atoms in total. The van der Waals surface area contributed by atoms with Gasteiger partial charge < -0.3 is 9.15 Å². The largest absolute Gasteiger partial charge is 0.433 e. The van der Waals surface area contributed by atoms with Crippen molar-refractivity contribution in [1.29, 1.82) is 0 Å². The van der Waals surface area contributed by atoms with Crippen molar-refractivity contribution in [1.82, 2.24) is 9.80 Å². The number of furan rings is 1. The van der Waals surface area contributed by atoms with E-state index in [9.17, 15) is 14.9 Å². The molecule has 0 unspecified atom stereocenters. The topological polar surface area (TPSA) is 89.1 Å². The number of piperazine rings is 1. The lowest BCUT2D eigenvalue weighted by atomic mass is 10.3. The molecule has 0 radical (unpaired) electrons. The second-order valence-corrected chi connectivity index (χ2v) is 5.84. The van der Waals surface area contributed by atoms with Gasteiger partial charge in [-0.2, -0.15) is 0 Å². The second kappa shape index (κ2) is 7.91. The van der Waals surface area contributed by atoms with Gasteiger partial charge in [0.15, 0.2) is 0 Å². The van der Waals surface area contributed by atoms with Crippen LogP contribution in [0.1, 0.15) is 5.76 Å². The van der Waals surface area contributed by atoms with Crippen molar-refractivity contribution >= 4 is 11.9 Å². The molecule has 25 heavy (non-hydrogen) atoms. The van der Waals surface area contributed by atoms with Crippen molar-refractivity contribution < 1.29 is 18.9 Å². The molecule has 0 N–H and O–H groups in total. The fourth-order valence-electron chi connectivity index (χ4n) is 2.71. The predicted molar refractivity (Wildman–Crippen MR) is 89.2 cm³/mol. The molecule has 1 aromatic carbocycles. The van der Waals surface area contributed by atoms with Gasteiger partial charge in [-0.25, -0.2) is 0 Å². The lowest BCUT2D eigenvalue weighted by Gasteiger charge is -2.33. The Hall–Kier alpha value is -2.71. The van der Waals surface area contributed by atoms with Crippen LogP contribution < -0.4 is 4.74 Å². The Balaban J connectivity index is 1.42. The Kier molecular flexibility index (Phi) is 5.42. The minimum absolute atomic E-state index is 0.239. The Bertz CT molecular complexity index is 723. The summed E-state index contributed by atoms with van der Waals surface area (Å²) in [5.41, 5.74) is 0. The quantitative estimate of drug-likeness (QED) is 0.342. The number of ether oxygens (including phenoxy) is 1. The number of esters is 1. The molecule has 3 rings (SSSR count). The number of rotatable bonds is 6. The van der Waals surface area contributed by atoms with Gasteiger partial charge in [-0.05, 0) is 18.2 Å². The second-order valence-electron chi connectivity index (χ2n) is 5.84. The van der Waals surface area contributed by atoms with Gasteiger partial charge in [-0.3, -0.25) is 24.7 Å². The zero-order valence-electron chi connectivity index (χ0n) is 13.7. The lowest BCUT2D eigenvalue weighted by molar-refractivity contribution is -0.402. The molecule has 0 spiro atoms. The summed E-state index contributed by atoms with van der Waals surface area (Å²) in [5.74, 6) is 0.604. The summed E-state index contributed by atoms with van der Waals surface area (Å²) in [5, 5.41) is 10.6. The Morgan fingerprint density at radius 2 is 1.76 bits per heavy atom. The van der Waals surface area contributed by atoms with E-state index in [0.29, 0.717) is 18.1 Å². The molecule has 1 aromatic heterocycles. The van der Waals surface area contributed by atoms with Crippen molar-refractivity contribution in [3.05, 3.63) is 58.3 Å². The summed E-state index contributed by atoms with van der Waals surface area (Å²) in [4.78, 5) is 26.2. The van der Waals surface area contributed by atoms with Gasteiger partial charge in [-0.15, -0.1) is 0 Å². The van der Waals surface area contributed by atoms with E-state index in [2.05, 4.69) is 4.90 Å². The first-order valence-electron chi connectivity index (χ1n) is 8.04. The summed E-state index contributed by atoms with van der Waals surface area (Å²) in [6, 6.07) is 12.0. The molecule has 1 saturated heterocycles. The van der Waals surface area contributed by atoms with Crippen LogP contribution in [0.25, 0.3) is 0 Å². The summed E-state index contributed by atoms with van der Waals surface area (Å²) in [6.07, 6.45) is 0. The average Bonchev–Trinajstić information content (AvgIpc) is 3.06. The standard InChI is InChI=1S/C17H19N3O5/c21-17(25-14-4-2-1-3-5-14)13-19-10-8-18(9-11-19)12-15-6-7-16(24-15)20(22)23/h1-7H,8-13H2. The number of nitrogens with zero attached hydrogens (tertiary/aromatic N) is 3. The fourth-order valence-corrected chi connectivity index (χ4v) is 2.71. The predicted octanol–water partition coefficient (Wildman–Crippen LogP) is 1.91. The molecular weight excluding hydrogens is 326 g/mol. The molecule has 0 atom stereocenters. The van der Waals surface area contributed by atoms with Crippen LogP contribution >= 0.6 is 0 Å². The molecule has 1 aliphatic rings. The summed E-state index contributed by atoms with van der Waals surface area (Å²) < 4.78 is 10.5. The Morgan fingerprint density at radius 3 is 2.40 bits per heavy atom. The smallest absolute Gasteiger partial charge is 0.426 e. The molecule has 0 aliphatic carbocycles. The molecular formula is C17H19N3O5. The third-order valence-corrected chi connectivity index (χ3v) is 4.00. The molecule has 2 aromatic rings. The number of nitro groups is 1. The van der Waals surface area contributed by atoms with Crippen LogP contribution in [0.3, 0.4) is 0 Å². The minimum Gasteiger partial charge on any atom is -0.426 e. The van der Waals surface area contributed by atoms with Gasteiger partial charge in [0, 0.05) is 26.2 Å². The van der Waals surface area contributed by atoms with Crippen molar-refractivity contribution in [3.8, 4) is 5.75 Å². The zero-order chi connectivity index (χ0) is 17.6. The molecule has 0 amide bonds. The lowest BCUT2D eigenvalue weighted by Crippen LogP contribution is -2.47. The van der Waals surface area contributed by atoms with Crippen LogP contribution in [0.15, 0.2) is 46.9 Å². The van der Waals surface area contributed by atoms with Gasteiger partial charge in [-0.1, -0.05) is 18.2 Å². The maximum atomic E-state index is 12.0. The average molecular weight is 345 g/mol. The molecule has 1 aliphatic heterocycles. The molecule has 2 heterocycles. The van der Waals surface area contributed by atoms with E-state index in [4.69, 9.17) is 9.15 Å². The van der Waals surface area contributed by atoms with Crippen LogP contribution in [0.2, 0.25) is 0 Å². The fraction of sp³-hybridized carbons (Fsp3) is 0.353. The maximum Gasteiger partial charge on any atom is 0.433 e. The van der Waals surface area contributed by atoms with E-state index in [1.807, 2.05) is 23.1 Å². The van der Waals surface area contributed by atoms with E-state index < -0.39 is 4.92 Å². The van der Waals surface area contributed by atoms with Gasteiger partial charge in [0.1, 0.15) is 16.4 Å². The Morgan fingerprint density at radius 1 is 1.08 bits per heavy atom. The molecule has 0 saturated carbocycles. The van der Waals surface area contributed by atoms with Crippen molar-refractivity contribution in [2.45, 2.75) is 6.54 Å². The van der Waals surface area contributed by atoms with Gasteiger partial charge in [0.05, 0.1) is 19.2 Å². The zero-order valence-corrected chi connectivity index (χ0v) is 13.7. The number of hydrogen-bond donors (Lipinski definition) is 0. The summed E-state index contributed by atoms with van der Waals surface area (Å²) in [7, 11) is 0. The highest BCUT2D eigenvalue weighted by molar-refractivity contribution is 5.74. The molecule has 132 valence electrons. The van der Waals surface area contributed by atoms with E-state index in [1.165, 1.54) is 6.07 Å². The highest BCUT2D eigenvalue weighted by atomic mass is 16.6. The molecule has 1 fully saturated rings. The minimum atomic E-state index is -0.542. The van der Waals surface area contributed by atoms with E-state index in [-0.39, 0.29) is 18.4 Å². The van der Waals surface area contributed by atoms with Crippen molar-refractivity contribution in [3.63, 3.8) is 0 Å². The first kappa shape index (κ1) is 17.1. The Labute approximate surface area is 144 Å². The highest BCUT2D eigenvalue weighted by Gasteiger charge is 2.21. The van der Waals surface area contributed by atoms with Crippen molar-refractivity contribution in [2.75, 3.05) is 32.7 Å². The third-order valence-electron chi connectivity index (χ3n) is 4.00. The number of hydrogen-bond acceptors (Lipinski definition) is 7. The first-order valence-corrected chi connectivity index (χ1v) is 8.04. The van der Waals surface area contributed by atoms with Gasteiger partial charge in [0.2, 0.25) is 0 Å². The van der Waals surface area contributed by atoms with Crippen LogP contribution in [0.4, 0.5) is 5.88 Å². The summed E-state index contributed by atoms with van der Waals surface area (Å²) >= 11 is 0. The first-order chi connectivity index (χ1) is 12.1. The van der Waals surface area contributed by atoms with Gasteiger partial charge in [0.25, 0.3) is 0 Å². The SMILES string of the molecule is O=C(CN1CCN(Cc2ccc([N+](=O)[O-])o2)CC1)Oc1ccccc1. The van der Waals surface area contributed by atoms with E-state index in [1.54, 1.807) is 18.2 Å². The molecule has 8 heteroatoms. The van der Waals surface area contributed by atoms with Crippen molar-refractivity contribution in [2.24, 2.45) is 0 Å². The number of benzene rings is 1. The summed E-state index contributed by atoms with van der Waals surface area (Å²) in [6.45, 7) is 3.74. The number of carbonyl (C=O) groups is 1. The third kappa shape index (κ3) is 4.88. The van der Waals surface area contributed by atoms with Crippen LogP contribution in [-0.4, -0.2) is 53.4 Å². The van der Waals surface area contributed by atoms with E-state index in [0.717, 1.165) is 26.2 Å².